The van der Waals surface area contributed by atoms with E-state index < -0.39 is 5.91 Å². The molecule has 0 saturated carbocycles. The third-order valence-electron chi connectivity index (χ3n) is 5.79. The van der Waals surface area contributed by atoms with Crippen molar-refractivity contribution in [2.24, 2.45) is 5.73 Å². The van der Waals surface area contributed by atoms with Gasteiger partial charge in [0.2, 0.25) is 0 Å². The van der Waals surface area contributed by atoms with E-state index in [-0.39, 0.29) is 11.6 Å². The van der Waals surface area contributed by atoms with Crippen molar-refractivity contribution in [3.63, 3.8) is 0 Å². The molecule has 1 atom stereocenters. The Bertz CT molecular complexity index is 832. The Labute approximate surface area is 179 Å². The molecule has 5 N–H and O–H groups in total. The van der Waals surface area contributed by atoms with E-state index >= 15 is 0 Å². The lowest BCUT2D eigenvalue weighted by Gasteiger charge is -2.43. The number of amides is 1. The van der Waals surface area contributed by atoms with Crippen LogP contribution >= 0.6 is 0 Å². The fourth-order valence-electron chi connectivity index (χ4n) is 4.24. The van der Waals surface area contributed by atoms with E-state index in [1.165, 1.54) is 5.56 Å². The van der Waals surface area contributed by atoms with Crippen LogP contribution in [0.4, 0.5) is 11.4 Å². The second-order valence-corrected chi connectivity index (χ2v) is 8.22. The van der Waals surface area contributed by atoms with Gasteiger partial charge in [0.1, 0.15) is 0 Å². The van der Waals surface area contributed by atoms with Crippen molar-refractivity contribution in [3.8, 4) is 0 Å². The molecule has 1 aliphatic rings. The number of nitrogens with zero attached hydrogens (tertiary/aromatic N) is 1. The van der Waals surface area contributed by atoms with Crippen LogP contribution in [0.5, 0.6) is 0 Å². The number of carbonyl (C=O) groups excluding carboxylic acids is 1. The van der Waals surface area contributed by atoms with Gasteiger partial charge in [0.25, 0.3) is 5.91 Å². The summed E-state index contributed by atoms with van der Waals surface area (Å²) in [5.74, 6) is -0.476. The number of likely N-dealkylation sites (tertiary alicyclic amines) is 1. The summed E-state index contributed by atoms with van der Waals surface area (Å²) in [6.45, 7) is 7.86. The number of hydrogen-bond donors (Lipinski definition) is 3. The van der Waals surface area contributed by atoms with Gasteiger partial charge in [-0.2, -0.15) is 0 Å². The van der Waals surface area contributed by atoms with Gasteiger partial charge in [-0.15, -0.1) is 0 Å². The van der Waals surface area contributed by atoms with Crippen LogP contribution in [0.25, 0.3) is 0 Å². The quantitative estimate of drug-likeness (QED) is 0.549. The number of anilines is 2. The lowest BCUT2D eigenvalue weighted by Crippen LogP contribution is -2.47. The number of carbonyl (C=O) groups is 1. The fraction of sp³-hybridized carbons (Fsp3) is 0.458. The van der Waals surface area contributed by atoms with Crippen LogP contribution in [0, 0.1) is 0 Å². The second-order valence-electron chi connectivity index (χ2n) is 8.22. The molecule has 1 aliphatic heterocycles. The first-order valence-corrected chi connectivity index (χ1v) is 10.8. The van der Waals surface area contributed by atoms with E-state index in [4.69, 9.17) is 16.2 Å². The first-order valence-electron chi connectivity index (χ1n) is 10.8. The summed E-state index contributed by atoms with van der Waals surface area (Å²) in [5, 5.41) is 3.42. The molecule has 0 aliphatic carbocycles. The minimum Gasteiger partial charge on any atom is -0.399 e. The van der Waals surface area contributed by atoms with Gasteiger partial charge >= 0.3 is 0 Å². The van der Waals surface area contributed by atoms with Gasteiger partial charge in [-0.25, -0.2) is 0 Å². The molecule has 6 nitrogen and oxygen atoms in total. The highest BCUT2D eigenvalue weighted by Crippen LogP contribution is 2.37. The standard InChI is InChI=1S/C24H34N4O2/c1-3-15-30-24(19-7-5-4-6-8-19)11-13-28(14-12-24)17-18(2)27-22-10-9-20(25)16-21(22)23(26)29/h4-10,16,18,27H,3,11-15,17,25H2,1-2H3,(H2,26,29). The van der Waals surface area contributed by atoms with Crippen molar-refractivity contribution < 1.29 is 9.53 Å². The Morgan fingerprint density at radius 1 is 1.20 bits per heavy atom. The molecule has 30 heavy (non-hydrogen) atoms. The van der Waals surface area contributed by atoms with Gasteiger partial charge in [-0.05, 0) is 49.9 Å². The zero-order chi connectivity index (χ0) is 21.6. The van der Waals surface area contributed by atoms with Crippen LogP contribution in [-0.4, -0.2) is 43.1 Å². The molecule has 1 saturated heterocycles. The van der Waals surface area contributed by atoms with Crippen LogP contribution in [0.15, 0.2) is 48.5 Å². The van der Waals surface area contributed by atoms with Crippen LogP contribution in [0.3, 0.4) is 0 Å². The number of rotatable bonds is 9. The first-order chi connectivity index (χ1) is 14.4. The lowest BCUT2D eigenvalue weighted by molar-refractivity contribution is -0.0899. The minimum atomic E-state index is -0.476. The van der Waals surface area contributed by atoms with Crippen molar-refractivity contribution >= 4 is 17.3 Å². The average molecular weight is 411 g/mol. The molecule has 0 radical (unpaired) electrons. The van der Waals surface area contributed by atoms with Gasteiger partial charge < -0.3 is 26.4 Å². The summed E-state index contributed by atoms with van der Waals surface area (Å²) < 4.78 is 6.40. The van der Waals surface area contributed by atoms with Gasteiger partial charge in [-0.3, -0.25) is 4.79 Å². The number of ether oxygens (including phenoxy) is 1. The van der Waals surface area contributed by atoms with Crippen molar-refractivity contribution in [1.29, 1.82) is 0 Å². The maximum absolute atomic E-state index is 11.7. The van der Waals surface area contributed by atoms with Gasteiger partial charge in [0, 0.05) is 43.7 Å². The molecule has 3 rings (SSSR count). The molecule has 162 valence electrons. The van der Waals surface area contributed by atoms with Crippen LogP contribution < -0.4 is 16.8 Å². The largest absolute Gasteiger partial charge is 0.399 e. The minimum absolute atomic E-state index is 0.160. The Morgan fingerprint density at radius 3 is 2.53 bits per heavy atom. The summed E-state index contributed by atoms with van der Waals surface area (Å²) >= 11 is 0. The number of primary amides is 1. The summed E-state index contributed by atoms with van der Waals surface area (Å²) in [5.41, 5.74) is 14.1. The summed E-state index contributed by atoms with van der Waals surface area (Å²) in [7, 11) is 0. The number of nitrogens with one attached hydrogen (secondary N) is 1. The predicted octanol–water partition coefficient (Wildman–Crippen LogP) is 3.59. The Kier molecular flexibility index (Phi) is 7.34. The summed E-state index contributed by atoms with van der Waals surface area (Å²) in [6.07, 6.45) is 2.96. The monoisotopic (exact) mass is 410 g/mol. The maximum atomic E-state index is 11.7. The number of nitrogens with two attached hydrogens (primary N) is 2. The molecule has 1 heterocycles. The van der Waals surface area contributed by atoms with Crippen LogP contribution in [-0.2, 0) is 10.3 Å². The fourth-order valence-corrected chi connectivity index (χ4v) is 4.24. The van der Waals surface area contributed by atoms with E-state index in [1.807, 2.05) is 6.07 Å². The van der Waals surface area contributed by atoms with Gasteiger partial charge in [0.05, 0.1) is 11.2 Å². The molecular formula is C24H34N4O2. The van der Waals surface area contributed by atoms with Gasteiger partial charge in [-0.1, -0.05) is 37.3 Å². The number of benzene rings is 2. The van der Waals surface area contributed by atoms with Gasteiger partial charge in [0.15, 0.2) is 0 Å². The normalized spacial score (nSPS) is 17.4. The predicted molar refractivity (Wildman–Crippen MR) is 122 cm³/mol. The van der Waals surface area contributed by atoms with E-state index in [9.17, 15) is 4.79 Å². The molecule has 1 amide bonds. The molecule has 1 fully saturated rings. The number of nitrogen functional groups attached to an aromatic ring is 1. The van der Waals surface area contributed by atoms with E-state index in [0.717, 1.165) is 51.2 Å². The lowest BCUT2D eigenvalue weighted by atomic mass is 9.84. The summed E-state index contributed by atoms with van der Waals surface area (Å²) in [6, 6.07) is 16.0. The SMILES string of the molecule is CCCOC1(c2ccccc2)CCN(CC(C)Nc2ccc(N)cc2C(N)=O)CC1. The molecule has 0 bridgehead atoms. The zero-order valence-electron chi connectivity index (χ0n) is 18.1. The summed E-state index contributed by atoms with van der Waals surface area (Å²) in [4.78, 5) is 14.2. The third-order valence-corrected chi connectivity index (χ3v) is 5.79. The van der Waals surface area contributed by atoms with Crippen molar-refractivity contribution in [2.75, 3.05) is 37.3 Å². The maximum Gasteiger partial charge on any atom is 0.250 e. The topological polar surface area (TPSA) is 93.6 Å². The molecule has 1 unspecified atom stereocenters. The molecule has 6 heteroatoms. The van der Waals surface area contributed by atoms with Crippen molar-refractivity contribution in [3.05, 3.63) is 59.7 Å². The number of piperidine rings is 1. The van der Waals surface area contributed by atoms with Crippen LogP contribution in [0.1, 0.15) is 49.0 Å². The molecular weight excluding hydrogens is 376 g/mol. The van der Waals surface area contributed by atoms with Crippen molar-refractivity contribution in [1.82, 2.24) is 4.90 Å². The zero-order valence-corrected chi connectivity index (χ0v) is 18.1. The van der Waals surface area contributed by atoms with E-state index in [1.54, 1.807) is 12.1 Å². The van der Waals surface area contributed by atoms with Crippen molar-refractivity contribution in [2.45, 2.75) is 44.8 Å². The highest BCUT2D eigenvalue weighted by Gasteiger charge is 2.37. The first kappa shape index (κ1) is 22.1. The van der Waals surface area contributed by atoms with E-state index in [2.05, 4.69) is 54.4 Å². The highest BCUT2D eigenvalue weighted by atomic mass is 16.5. The second kappa shape index (κ2) is 9.96. The Balaban J connectivity index is 1.61. The molecule has 2 aromatic carbocycles. The molecule has 2 aromatic rings. The number of hydrogen-bond acceptors (Lipinski definition) is 5. The molecule has 0 spiro atoms. The Hall–Kier alpha value is -2.57. The molecule has 0 aromatic heterocycles. The van der Waals surface area contributed by atoms with E-state index in [0.29, 0.717) is 11.3 Å². The Morgan fingerprint density at radius 2 is 1.90 bits per heavy atom. The average Bonchev–Trinajstić information content (AvgIpc) is 2.75. The highest BCUT2D eigenvalue weighted by molar-refractivity contribution is 5.99. The van der Waals surface area contributed by atoms with Crippen LogP contribution in [0.2, 0.25) is 0 Å². The third kappa shape index (κ3) is 5.32. The smallest absolute Gasteiger partial charge is 0.250 e.